The van der Waals surface area contributed by atoms with E-state index in [4.69, 9.17) is 4.74 Å². The zero-order chi connectivity index (χ0) is 15.3. The molecule has 1 saturated heterocycles. The van der Waals surface area contributed by atoms with Gasteiger partial charge < -0.3 is 15.0 Å². The van der Waals surface area contributed by atoms with Gasteiger partial charge in [-0.2, -0.15) is 0 Å². The Morgan fingerprint density at radius 1 is 1.30 bits per heavy atom. The van der Waals surface area contributed by atoms with Crippen molar-refractivity contribution in [3.63, 3.8) is 0 Å². The molecule has 1 fully saturated rings. The van der Waals surface area contributed by atoms with Gasteiger partial charge in [-0.05, 0) is 47.5 Å². The summed E-state index contributed by atoms with van der Waals surface area (Å²) in [5.74, 6) is -0.0963. The second-order valence-corrected chi connectivity index (χ2v) is 6.50. The van der Waals surface area contributed by atoms with E-state index in [1.165, 1.54) is 0 Å². The number of nitrogens with one attached hydrogen (secondary N) is 1. The van der Waals surface area contributed by atoms with Crippen LogP contribution in [0.25, 0.3) is 0 Å². The average Bonchev–Trinajstić information content (AvgIpc) is 2.25. The van der Waals surface area contributed by atoms with Crippen LogP contribution in [0.3, 0.4) is 0 Å². The van der Waals surface area contributed by atoms with Crippen LogP contribution in [0, 0.1) is 0 Å². The van der Waals surface area contributed by atoms with Gasteiger partial charge in [0.15, 0.2) is 0 Å². The predicted octanol–water partition coefficient (Wildman–Crippen LogP) is 2.47. The SMILES string of the molecule is CC(C)=CC(=O)N[C@H]1CCCN(C(=O)OC(C)(C)C)C1. The van der Waals surface area contributed by atoms with Crippen molar-refractivity contribution >= 4 is 12.0 Å². The summed E-state index contributed by atoms with van der Waals surface area (Å²) in [6.45, 7) is 10.5. The molecule has 0 aromatic heterocycles. The van der Waals surface area contributed by atoms with E-state index in [2.05, 4.69) is 5.32 Å². The Bertz CT molecular complexity index is 392. The van der Waals surface area contributed by atoms with E-state index in [9.17, 15) is 9.59 Å². The number of likely N-dealkylation sites (tertiary alicyclic amines) is 1. The van der Waals surface area contributed by atoms with Crippen molar-refractivity contribution in [2.75, 3.05) is 13.1 Å². The van der Waals surface area contributed by atoms with E-state index in [1.54, 1.807) is 11.0 Å². The maximum atomic E-state index is 12.0. The van der Waals surface area contributed by atoms with Crippen molar-refractivity contribution in [3.05, 3.63) is 11.6 Å². The molecule has 20 heavy (non-hydrogen) atoms. The second kappa shape index (κ2) is 6.77. The van der Waals surface area contributed by atoms with Gasteiger partial charge >= 0.3 is 6.09 Å². The highest BCUT2D eigenvalue weighted by atomic mass is 16.6. The number of carbonyl (C=O) groups excluding carboxylic acids is 2. The number of hydrogen-bond acceptors (Lipinski definition) is 3. The maximum absolute atomic E-state index is 12.0. The third-order valence-electron chi connectivity index (χ3n) is 2.84. The van der Waals surface area contributed by atoms with E-state index in [0.29, 0.717) is 13.1 Å². The maximum Gasteiger partial charge on any atom is 0.410 e. The van der Waals surface area contributed by atoms with Crippen LogP contribution in [0.2, 0.25) is 0 Å². The largest absolute Gasteiger partial charge is 0.444 e. The molecular formula is C15H26N2O3. The first-order valence-electron chi connectivity index (χ1n) is 7.11. The van der Waals surface area contributed by atoms with Gasteiger partial charge in [-0.3, -0.25) is 4.79 Å². The molecular weight excluding hydrogens is 256 g/mol. The highest BCUT2D eigenvalue weighted by Crippen LogP contribution is 2.15. The monoisotopic (exact) mass is 282 g/mol. The zero-order valence-electron chi connectivity index (χ0n) is 13.2. The van der Waals surface area contributed by atoms with E-state index in [1.807, 2.05) is 34.6 Å². The molecule has 5 nitrogen and oxygen atoms in total. The highest BCUT2D eigenvalue weighted by Gasteiger charge is 2.27. The predicted molar refractivity (Wildman–Crippen MR) is 78.4 cm³/mol. The van der Waals surface area contributed by atoms with Crippen LogP contribution >= 0.6 is 0 Å². The molecule has 1 aliphatic rings. The Hall–Kier alpha value is -1.52. The van der Waals surface area contributed by atoms with Gasteiger partial charge in [-0.1, -0.05) is 5.57 Å². The molecule has 0 spiro atoms. The normalized spacial score (nSPS) is 19.2. The van der Waals surface area contributed by atoms with Crippen molar-refractivity contribution in [1.82, 2.24) is 10.2 Å². The van der Waals surface area contributed by atoms with Gasteiger partial charge in [0, 0.05) is 25.2 Å². The Labute approximate surface area is 121 Å². The number of nitrogens with zero attached hydrogens (tertiary/aromatic N) is 1. The van der Waals surface area contributed by atoms with Crippen LogP contribution < -0.4 is 5.32 Å². The quantitative estimate of drug-likeness (QED) is 0.792. The van der Waals surface area contributed by atoms with Crippen LogP contribution in [0.5, 0.6) is 0 Å². The summed E-state index contributed by atoms with van der Waals surface area (Å²) in [6, 6.07) is -0.000585. The van der Waals surface area contributed by atoms with Crippen LogP contribution in [-0.4, -0.2) is 41.6 Å². The number of amides is 2. The minimum Gasteiger partial charge on any atom is -0.444 e. The third kappa shape index (κ3) is 6.08. The first-order chi connectivity index (χ1) is 9.17. The molecule has 0 radical (unpaired) electrons. The van der Waals surface area contributed by atoms with Crippen LogP contribution in [0.15, 0.2) is 11.6 Å². The van der Waals surface area contributed by atoms with E-state index in [-0.39, 0.29) is 18.0 Å². The standard InChI is InChI=1S/C15H26N2O3/c1-11(2)9-13(18)16-12-7-6-8-17(10-12)14(19)20-15(3,4)5/h9,12H,6-8,10H2,1-5H3,(H,16,18)/t12-/m0/s1. The van der Waals surface area contributed by atoms with Crippen LogP contribution in [-0.2, 0) is 9.53 Å². The van der Waals surface area contributed by atoms with E-state index >= 15 is 0 Å². The molecule has 0 unspecified atom stereocenters. The Kier molecular flexibility index (Phi) is 5.60. The fraction of sp³-hybridized carbons (Fsp3) is 0.733. The summed E-state index contributed by atoms with van der Waals surface area (Å²) < 4.78 is 5.36. The lowest BCUT2D eigenvalue weighted by Gasteiger charge is -2.34. The lowest BCUT2D eigenvalue weighted by Crippen LogP contribution is -2.50. The van der Waals surface area contributed by atoms with E-state index < -0.39 is 5.60 Å². The van der Waals surface area contributed by atoms with Crippen molar-refractivity contribution in [2.45, 2.75) is 59.1 Å². The van der Waals surface area contributed by atoms with Gasteiger partial charge in [-0.15, -0.1) is 0 Å². The summed E-state index contributed by atoms with van der Waals surface area (Å²) in [7, 11) is 0. The third-order valence-corrected chi connectivity index (χ3v) is 2.84. The number of carbonyl (C=O) groups is 2. The topological polar surface area (TPSA) is 58.6 Å². The van der Waals surface area contributed by atoms with Crippen molar-refractivity contribution in [2.24, 2.45) is 0 Å². The fourth-order valence-electron chi connectivity index (χ4n) is 2.09. The van der Waals surface area contributed by atoms with Gasteiger partial charge in [0.2, 0.25) is 5.91 Å². The average molecular weight is 282 g/mol. The summed E-state index contributed by atoms with van der Waals surface area (Å²) >= 11 is 0. The molecule has 5 heteroatoms. The highest BCUT2D eigenvalue weighted by molar-refractivity contribution is 5.88. The van der Waals surface area contributed by atoms with Gasteiger partial charge in [0.05, 0.1) is 0 Å². The molecule has 2 amide bonds. The van der Waals surface area contributed by atoms with Crippen molar-refractivity contribution < 1.29 is 14.3 Å². The zero-order valence-corrected chi connectivity index (χ0v) is 13.2. The first kappa shape index (κ1) is 16.5. The molecule has 0 saturated carbocycles. The number of hydrogen-bond donors (Lipinski definition) is 1. The van der Waals surface area contributed by atoms with Gasteiger partial charge in [0.25, 0.3) is 0 Å². The minimum atomic E-state index is -0.491. The number of ether oxygens (including phenoxy) is 1. The Balaban J connectivity index is 2.52. The van der Waals surface area contributed by atoms with E-state index in [0.717, 1.165) is 18.4 Å². The molecule has 1 rings (SSSR count). The number of rotatable bonds is 2. The number of piperidine rings is 1. The molecule has 0 bridgehead atoms. The molecule has 0 aliphatic carbocycles. The molecule has 0 aromatic rings. The second-order valence-electron chi connectivity index (χ2n) is 6.50. The minimum absolute atomic E-state index is 0.000585. The summed E-state index contributed by atoms with van der Waals surface area (Å²) in [5, 5.41) is 2.93. The van der Waals surface area contributed by atoms with Crippen LogP contribution in [0.1, 0.15) is 47.5 Å². The molecule has 0 aromatic carbocycles. The molecule has 1 aliphatic heterocycles. The number of allylic oxidation sites excluding steroid dienone is 1. The lowest BCUT2D eigenvalue weighted by molar-refractivity contribution is -0.117. The molecule has 1 atom stereocenters. The smallest absolute Gasteiger partial charge is 0.410 e. The molecule has 1 N–H and O–H groups in total. The van der Waals surface area contributed by atoms with Crippen LogP contribution in [0.4, 0.5) is 4.79 Å². The van der Waals surface area contributed by atoms with Gasteiger partial charge in [-0.25, -0.2) is 4.79 Å². The van der Waals surface area contributed by atoms with Crippen molar-refractivity contribution in [1.29, 1.82) is 0 Å². The Morgan fingerprint density at radius 3 is 2.50 bits per heavy atom. The fourth-order valence-corrected chi connectivity index (χ4v) is 2.09. The summed E-state index contributed by atoms with van der Waals surface area (Å²) in [6.07, 6.45) is 3.03. The summed E-state index contributed by atoms with van der Waals surface area (Å²) in [4.78, 5) is 25.4. The van der Waals surface area contributed by atoms with Gasteiger partial charge in [0.1, 0.15) is 5.60 Å². The Morgan fingerprint density at radius 2 is 1.95 bits per heavy atom. The van der Waals surface area contributed by atoms with Crippen molar-refractivity contribution in [3.8, 4) is 0 Å². The molecule has 1 heterocycles. The molecule has 114 valence electrons. The first-order valence-corrected chi connectivity index (χ1v) is 7.11. The lowest BCUT2D eigenvalue weighted by atomic mass is 10.1. The summed E-state index contributed by atoms with van der Waals surface area (Å²) in [5.41, 5.74) is 0.470.